The van der Waals surface area contributed by atoms with Gasteiger partial charge in [0.2, 0.25) is 17.7 Å². The largest absolute Gasteiger partial charge is 0.490 e. The lowest BCUT2D eigenvalue weighted by molar-refractivity contribution is -0.192. The number of nitrogens with one attached hydrogen (secondary N) is 1. The molecule has 10 nitrogen and oxygen atoms in total. The number of aliphatic carboxylic acids is 1. The van der Waals surface area contributed by atoms with Crippen LogP contribution in [0.2, 0.25) is 0 Å². The number of carboxylic acids is 1. The van der Waals surface area contributed by atoms with Crippen LogP contribution in [0.1, 0.15) is 30.1 Å². The SMILES string of the molecule is Cc1nc(C(F)(F)F)cc(-c2ccnc3cc(CN4C(=O)C5C(C4=O)C5(C)C)sc23)c1NC(=O)CN1CC(F)(F)C1.O=C(O)C(F)(F)F. The van der Waals surface area contributed by atoms with E-state index in [0.717, 1.165) is 6.07 Å². The summed E-state index contributed by atoms with van der Waals surface area (Å²) in [6.45, 7) is 3.58. The van der Waals surface area contributed by atoms with Crippen molar-refractivity contribution < 1.29 is 59.4 Å². The number of halogens is 8. The fraction of sp³-hybridized carbons (Fsp3) is 0.448. The minimum Gasteiger partial charge on any atom is -0.475 e. The minimum atomic E-state index is -5.08. The topological polar surface area (TPSA) is 133 Å². The number of carbonyl (C=O) groups is 4. The number of hydrogen-bond donors (Lipinski definition) is 2. The Morgan fingerprint density at radius 2 is 1.62 bits per heavy atom. The molecule has 3 amide bonds. The highest BCUT2D eigenvalue weighted by Crippen LogP contribution is 2.63. The summed E-state index contributed by atoms with van der Waals surface area (Å²) in [4.78, 5) is 58.3. The van der Waals surface area contributed by atoms with Crippen LogP contribution < -0.4 is 5.32 Å². The molecule has 1 aliphatic carbocycles. The van der Waals surface area contributed by atoms with Gasteiger partial charge in [0.15, 0.2) is 0 Å². The van der Waals surface area contributed by atoms with Gasteiger partial charge in [0.25, 0.3) is 5.92 Å². The second kappa shape index (κ2) is 11.7. The van der Waals surface area contributed by atoms with Gasteiger partial charge in [0.05, 0.1) is 59.6 Å². The Morgan fingerprint density at radius 1 is 1.04 bits per heavy atom. The van der Waals surface area contributed by atoms with Gasteiger partial charge < -0.3 is 10.4 Å². The number of aromatic nitrogens is 2. The second-order valence-corrected chi connectivity index (χ2v) is 13.3. The van der Waals surface area contributed by atoms with Crippen molar-refractivity contribution >= 4 is 50.9 Å². The number of amides is 3. The van der Waals surface area contributed by atoms with E-state index < -0.39 is 48.9 Å². The van der Waals surface area contributed by atoms with Crippen LogP contribution in [0.15, 0.2) is 24.4 Å². The van der Waals surface area contributed by atoms with E-state index >= 15 is 0 Å². The number of thiophene rings is 1. The second-order valence-electron chi connectivity index (χ2n) is 12.2. The van der Waals surface area contributed by atoms with Crippen molar-refractivity contribution in [2.45, 2.75) is 45.6 Å². The Labute approximate surface area is 269 Å². The molecular weight excluding hydrogens is 682 g/mol. The first-order valence-corrected chi connectivity index (χ1v) is 14.8. The zero-order valence-corrected chi connectivity index (χ0v) is 25.9. The van der Waals surface area contributed by atoms with Crippen LogP contribution in [0.5, 0.6) is 0 Å². The summed E-state index contributed by atoms with van der Waals surface area (Å²) < 4.78 is 99.9. The van der Waals surface area contributed by atoms with Crippen molar-refractivity contribution in [2.75, 3.05) is 25.0 Å². The number of carboxylic acid groups (broad SMARTS) is 1. The number of hydrogen-bond acceptors (Lipinski definition) is 8. The van der Waals surface area contributed by atoms with E-state index in [2.05, 4.69) is 15.3 Å². The van der Waals surface area contributed by atoms with Gasteiger partial charge >= 0.3 is 18.3 Å². The van der Waals surface area contributed by atoms with Crippen LogP contribution in [-0.4, -0.2) is 80.3 Å². The summed E-state index contributed by atoms with van der Waals surface area (Å²) in [5.74, 6) is -7.46. The first-order chi connectivity index (χ1) is 22.0. The Bertz CT molecular complexity index is 1810. The number of piperidine rings is 1. The Kier molecular flexibility index (Phi) is 8.55. The normalized spacial score (nSPS) is 21.4. The van der Waals surface area contributed by atoms with Gasteiger partial charge in [0.1, 0.15) is 5.69 Å². The van der Waals surface area contributed by atoms with Crippen LogP contribution in [0.4, 0.5) is 40.8 Å². The molecule has 2 aliphatic heterocycles. The zero-order chi connectivity index (χ0) is 35.7. The van der Waals surface area contributed by atoms with Gasteiger partial charge in [-0.25, -0.2) is 18.6 Å². The van der Waals surface area contributed by atoms with E-state index in [1.165, 1.54) is 40.3 Å². The molecule has 2 unspecified atom stereocenters. The number of imide groups is 1. The van der Waals surface area contributed by atoms with Crippen LogP contribution in [0.3, 0.4) is 0 Å². The molecule has 0 radical (unpaired) electrons. The highest BCUT2D eigenvalue weighted by atomic mass is 32.1. The van der Waals surface area contributed by atoms with E-state index in [9.17, 15) is 49.5 Å². The molecule has 19 heteroatoms. The fourth-order valence-corrected chi connectivity index (χ4v) is 7.01. The lowest BCUT2D eigenvalue weighted by atomic mass is 10.0. The number of rotatable bonds is 6. The molecule has 3 fully saturated rings. The summed E-state index contributed by atoms with van der Waals surface area (Å²) in [6, 6.07) is 4.02. The fourth-order valence-electron chi connectivity index (χ4n) is 5.88. The summed E-state index contributed by atoms with van der Waals surface area (Å²) in [6.07, 6.45) is -8.45. The van der Waals surface area contributed by atoms with Gasteiger partial charge in [-0.3, -0.25) is 29.2 Å². The lowest BCUT2D eigenvalue weighted by Gasteiger charge is -2.38. The summed E-state index contributed by atoms with van der Waals surface area (Å²) in [5, 5.41) is 9.70. The molecule has 0 aromatic carbocycles. The van der Waals surface area contributed by atoms with E-state index in [-0.39, 0.29) is 59.1 Å². The number of aryl methyl sites for hydroxylation is 1. The summed E-state index contributed by atoms with van der Waals surface area (Å²) in [5.41, 5.74) is -0.802. The average Bonchev–Trinajstić information content (AvgIpc) is 3.17. The molecule has 6 rings (SSSR count). The van der Waals surface area contributed by atoms with Crippen molar-refractivity contribution in [2.24, 2.45) is 17.3 Å². The molecule has 1 saturated carbocycles. The smallest absolute Gasteiger partial charge is 0.475 e. The average molecular weight is 708 g/mol. The highest BCUT2D eigenvalue weighted by Gasteiger charge is 2.72. The first kappa shape index (κ1) is 35.1. The third-order valence-corrected chi connectivity index (χ3v) is 9.38. The molecule has 0 bridgehead atoms. The molecule has 48 heavy (non-hydrogen) atoms. The lowest BCUT2D eigenvalue weighted by Crippen LogP contribution is -2.57. The molecule has 2 saturated heterocycles. The zero-order valence-electron chi connectivity index (χ0n) is 25.1. The number of carbonyl (C=O) groups excluding carboxylic acids is 3. The van der Waals surface area contributed by atoms with Gasteiger partial charge in [-0.05, 0) is 30.5 Å². The summed E-state index contributed by atoms with van der Waals surface area (Å²) >= 11 is 1.18. The molecule has 5 heterocycles. The molecule has 2 atom stereocenters. The number of likely N-dealkylation sites (tertiary alicyclic amines) is 2. The van der Waals surface area contributed by atoms with Crippen LogP contribution in [0.25, 0.3) is 21.3 Å². The van der Waals surface area contributed by atoms with Gasteiger partial charge in [-0.1, -0.05) is 13.8 Å². The molecular formula is C29H25F8N5O5S. The maximum atomic E-state index is 13.8. The van der Waals surface area contributed by atoms with E-state index in [1.54, 1.807) is 6.07 Å². The number of fused-ring (bicyclic) bond motifs is 2. The third kappa shape index (κ3) is 6.69. The molecule has 2 N–H and O–H groups in total. The Hall–Kier alpha value is -4.26. The minimum absolute atomic E-state index is 0.0185. The van der Waals surface area contributed by atoms with Gasteiger partial charge in [0, 0.05) is 22.2 Å². The van der Waals surface area contributed by atoms with E-state index in [0.29, 0.717) is 20.7 Å². The van der Waals surface area contributed by atoms with Gasteiger partial charge in [-0.2, -0.15) is 26.3 Å². The monoisotopic (exact) mass is 707 g/mol. The van der Waals surface area contributed by atoms with Crippen molar-refractivity contribution in [3.05, 3.63) is 40.7 Å². The molecule has 3 aromatic heterocycles. The summed E-state index contributed by atoms with van der Waals surface area (Å²) in [7, 11) is 0. The highest BCUT2D eigenvalue weighted by molar-refractivity contribution is 7.19. The Balaban J connectivity index is 0.000000582. The maximum absolute atomic E-state index is 13.8. The van der Waals surface area contributed by atoms with E-state index in [1.807, 2.05) is 13.8 Å². The number of pyridine rings is 2. The van der Waals surface area contributed by atoms with Crippen molar-refractivity contribution in [3.8, 4) is 11.1 Å². The standard InChI is InChI=1S/C27H24F5N5O3S.C2HF3O2/c1-12-21(35-18(38)9-36-10-26(28,29)11-36)15(7-17(34-12)27(30,31)32)14-4-5-33-16-6-13(41-22(14)16)8-37-23(39)19-20(24(37)40)25(19,2)3;3-2(4,5)1(6)7/h4-7,19-20H,8-11H2,1-3H3,(H,35,38);(H,6,7). The number of alkyl halides is 8. The van der Waals surface area contributed by atoms with Crippen molar-refractivity contribution in [3.63, 3.8) is 0 Å². The molecule has 3 aliphatic rings. The molecule has 3 aromatic rings. The predicted octanol–water partition coefficient (Wildman–Crippen LogP) is 5.35. The van der Waals surface area contributed by atoms with Crippen molar-refractivity contribution in [1.29, 1.82) is 0 Å². The predicted molar refractivity (Wildman–Crippen MR) is 153 cm³/mol. The maximum Gasteiger partial charge on any atom is 0.490 e. The van der Waals surface area contributed by atoms with Crippen LogP contribution >= 0.6 is 11.3 Å². The Morgan fingerprint density at radius 3 is 2.15 bits per heavy atom. The number of anilines is 1. The first-order valence-electron chi connectivity index (χ1n) is 14.0. The van der Waals surface area contributed by atoms with Crippen LogP contribution in [-0.2, 0) is 31.9 Å². The van der Waals surface area contributed by atoms with Crippen molar-refractivity contribution in [1.82, 2.24) is 19.8 Å². The van der Waals surface area contributed by atoms with E-state index in [4.69, 9.17) is 9.90 Å². The van der Waals surface area contributed by atoms with Crippen LogP contribution in [0, 0.1) is 24.2 Å². The quantitative estimate of drug-likeness (QED) is 0.259. The van der Waals surface area contributed by atoms with Gasteiger partial charge in [-0.15, -0.1) is 11.3 Å². The number of nitrogens with zero attached hydrogens (tertiary/aromatic N) is 4. The molecule has 258 valence electrons. The molecule has 0 spiro atoms. The third-order valence-electron chi connectivity index (χ3n) is 8.23.